The Labute approximate surface area is 158 Å². The first kappa shape index (κ1) is 18.7. The van der Waals surface area contributed by atoms with E-state index < -0.39 is 0 Å². The summed E-state index contributed by atoms with van der Waals surface area (Å²) in [5.41, 5.74) is 1.64. The average molecular weight is 368 g/mol. The first-order valence-electron chi connectivity index (χ1n) is 9.01. The van der Waals surface area contributed by atoms with Crippen molar-refractivity contribution >= 4 is 18.1 Å². The van der Waals surface area contributed by atoms with Gasteiger partial charge in [0.05, 0.1) is 7.11 Å². The number of carbonyl (C=O) groups is 2. The zero-order valence-corrected chi connectivity index (χ0v) is 15.4. The van der Waals surface area contributed by atoms with Crippen molar-refractivity contribution in [3.63, 3.8) is 0 Å². The minimum Gasteiger partial charge on any atom is -0.496 e. The third-order valence-electron chi connectivity index (χ3n) is 4.67. The number of amides is 2. The molecule has 2 heterocycles. The van der Waals surface area contributed by atoms with Crippen molar-refractivity contribution < 1.29 is 14.3 Å². The number of methoxy groups -OCH3 is 1. The van der Waals surface area contributed by atoms with Crippen molar-refractivity contribution in [3.05, 3.63) is 53.7 Å². The molecule has 1 aromatic heterocycles. The SMILES string of the molecule is COc1ccccc1CCNC(=O)c1ccnc(N2CCN(C=O)CC2)c1. The van der Waals surface area contributed by atoms with Gasteiger partial charge in [-0.25, -0.2) is 4.98 Å². The summed E-state index contributed by atoms with van der Waals surface area (Å²) in [4.78, 5) is 31.5. The van der Waals surface area contributed by atoms with Gasteiger partial charge in [0.25, 0.3) is 5.91 Å². The molecule has 142 valence electrons. The number of anilines is 1. The minimum absolute atomic E-state index is 0.125. The standard InChI is InChI=1S/C20H24N4O3/c1-27-18-5-3-2-4-16(18)6-9-22-20(26)17-7-8-21-19(14-17)24-12-10-23(15-25)11-13-24/h2-5,7-8,14-15H,6,9-13H2,1H3,(H,22,26). The summed E-state index contributed by atoms with van der Waals surface area (Å²) in [5.74, 6) is 1.46. The third kappa shape index (κ3) is 4.75. The van der Waals surface area contributed by atoms with E-state index in [4.69, 9.17) is 4.74 Å². The Morgan fingerprint density at radius 2 is 2.00 bits per heavy atom. The summed E-state index contributed by atoms with van der Waals surface area (Å²) < 4.78 is 5.33. The third-order valence-corrected chi connectivity index (χ3v) is 4.67. The van der Waals surface area contributed by atoms with Crippen molar-refractivity contribution in [2.24, 2.45) is 0 Å². The van der Waals surface area contributed by atoms with Gasteiger partial charge in [0, 0.05) is 44.5 Å². The Balaban J connectivity index is 1.56. The van der Waals surface area contributed by atoms with Gasteiger partial charge in [-0.2, -0.15) is 0 Å². The molecule has 3 rings (SSSR count). The average Bonchev–Trinajstić information content (AvgIpc) is 2.74. The van der Waals surface area contributed by atoms with Crippen LogP contribution in [0.15, 0.2) is 42.6 Å². The van der Waals surface area contributed by atoms with Crippen LogP contribution in [0.1, 0.15) is 15.9 Å². The molecule has 1 aromatic carbocycles. The zero-order valence-electron chi connectivity index (χ0n) is 15.4. The van der Waals surface area contributed by atoms with Gasteiger partial charge in [0.2, 0.25) is 6.41 Å². The minimum atomic E-state index is -0.125. The number of aromatic nitrogens is 1. The smallest absolute Gasteiger partial charge is 0.251 e. The van der Waals surface area contributed by atoms with Crippen LogP contribution in [0.5, 0.6) is 5.75 Å². The van der Waals surface area contributed by atoms with Gasteiger partial charge in [0.15, 0.2) is 0 Å². The van der Waals surface area contributed by atoms with E-state index in [9.17, 15) is 9.59 Å². The molecule has 2 aromatic rings. The van der Waals surface area contributed by atoms with E-state index in [1.54, 1.807) is 30.3 Å². The molecular formula is C20H24N4O3. The van der Waals surface area contributed by atoms with Gasteiger partial charge >= 0.3 is 0 Å². The van der Waals surface area contributed by atoms with Crippen LogP contribution in [0.25, 0.3) is 0 Å². The van der Waals surface area contributed by atoms with Crippen molar-refractivity contribution in [2.75, 3.05) is 44.7 Å². The highest BCUT2D eigenvalue weighted by molar-refractivity contribution is 5.94. The molecule has 2 amide bonds. The number of hydrogen-bond acceptors (Lipinski definition) is 5. The molecule has 7 heteroatoms. The molecule has 0 bridgehead atoms. The molecule has 1 saturated heterocycles. The van der Waals surface area contributed by atoms with Crippen LogP contribution in [0.4, 0.5) is 5.82 Å². The number of nitrogens with one attached hydrogen (secondary N) is 1. The molecule has 0 saturated carbocycles. The van der Waals surface area contributed by atoms with E-state index in [1.807, 2.05) is 24.3 Å². The Bertz CT molecular complexity index is 788. The molecule has 0 spiro atoms. The normalized spacial score (nSPS) is 14.0. The Hall–Kier alpha value is -3.09. The van der Waals surface area contributed by atoms with E-state index in [2.05, 4.69) is 15.2 Å². The van der Waals surface area contributed by atoms with Crippen molar-refractivity contribution in [1.82, 2.24) is 15.2 Å². The first-order chi connectivity index (χ1) is 13.2. The Morgan fingerprint density at radius 1 is 1.22 bits per heavy atom. The molecule has 7 nitrogen and oxygen atoms in total. The number of rotatable bonds is 7. The van der Waals surface area contributed by atoms with Crippen LogP contribution >= 0.6 is 0 Å². The fourth-order valence-electron chi connectivity index (χ4n) is 3.11. The Kier molecular flexibility index (Phi) is 6.25. The van der Waals surface area contributed by atoms with Gasteiger partial charge in [-0.05, 0) is 30.2 Å². The summed E-state index contributed by atoms with van der Waals surface area (Å²) >= 11 is 0. The van der Waals surface area contributed by atoms with Gasteiger partial charge < -0.3 is 19.9 Å². The molecule has 0 atom stereocenters. The second kappa shape index (κ2) is 9.02. The van der Waals surface area contributed by atoms with Crippen LogP contribution in [-0.4, -0.2) is 62.0 Å². The van der Waals surface area contributed by atoms with Crippen LogP contribution in [0.2, 0.25) is 0 Å². The van der Waals surface area contributed by atoms with Crippen LogP contribution in [0, 0.1) is 0 Å². The van der Waals surface area contributed by atoms with Gasteiger partial charge in [-0.1, -0.05) is 18.2 Å². The molecule has 1 aliphatic rings. The summed E-state index contributed by atoms with van der Waals surface area (Å²) in [6, 6.07) is 11.3. The number of carbonyl (C=O) groups excluding carboxylic acids is 2. The van der Waals surface area contributed by atoms with Crippen molar-refractivity contribution in [1.29, 1.82) is 0 Å². The van der Waals surface area contributed by atoms with Crippen molar-refractivity contribution in [2.45, 2.75) is 6.42 Å². The summed E-state index contributed by atoms with van der Waals surface area (Å²) in [5, 5.41) is 2.95. The molecule has 1 fully saturated rings. The topological polar surface area (TPSA) is 74.8 Å². The van der Waals surface area contributed by atoms with Crippen molar-refractivity contribution in [3.8, 4) is 5.75 Å². The van der Waals surface area contributed by atoms with E-state index in [0.29, 0.717) is 44.7 Å². The predicted molar refractivity (Wildman–Crippen MR) is 103 cm³/mol. The molecular weight excluding hydrogens is 344 g/mol. The number of ether oxygens (including phenoxy) is 1. The first-order valence-corrected chi connectivity index (χ1v) is 9.01. The predicted octanol–water partition coefficient (Wildman–Crippen LogP) is 1.34. The largest absolute Gasteiger partial charge is 0.496 e. The van der Waals surface area contributed by atoms with Gasteiger partial charge in [0.1, 0.15) is 11.6 Å². The fourth-order valence-corrected chi connectivity index (χ4v) is 3.11. The molecule has 0 radical (unpaired) electrons. The van der Waals surface area contributed by atoms with Crippen LogP contribution in [-0.2, 0) is 11.2 Å². The number of para-hydroxylation sites is 1. The monoisotopic (exact) mass is 368 g/mol. The number of piperazine rings is 1. The molecule has 27 heavy (non-hydrogen) atoms. The van der Waals surface area contributed by atoms with Crippen LogP contribution in [0.3, 0.4) is 0 Å². The summed E-state index contributed by atoms with van der Waals surface area (Å²) in [6.07, 6.45) is 3.22. The van der Waals surface area contributed by atoms with Crippen LogP contribution < -0.4 is 15.0 Å². The number of benzene rings is 1. The number of hydrogen-bond donors (Lipinski definition) is 1. The van der Waals surface area contributed by atoms with E-state index >= 15 is 0 Å². The summed E-state index contributed by atoms with van der Waals surface area (Å²) in [7, 11) is 1.64. The number of pyridine rings is 1. The van der Waals surface area contributed by atoms with Gasteiger partial charge in [-0.15, -0.1) is 0 Å². The lowest BCUT2D eigenvalue weighted by Crippen LogP contribution is -2.46. The fraction of sp³-hybridized carbons (Fsp3) is 0.350. The molecule has 0 unspecified atom stereocenters. The van der Waals surface area contributed by atoms with E-state index in [1.165, 1.54) is 0 Å². The lowest BCUT2D eigenvalue weighted by atomic mass is 10.1. The maximum absolute atomic E-state index is 12.5. The van der Waals surface area contributed by atoms with E-state index in [-0.39, 0.29) is 5.91 Å². The zero-order chi connectivity index (χ0) is 19.1. The quantitative estimate of drug-likeness (QED) is 0.747. The highest BCUT2D eigenvalue weighted by atomic mass is 16.5. The maximum atomic E-state index is 12.5. The molecule has 0 aliphatic carbocycles. The molecule has 1 aliphatic heterocycles. The number of nitrogens with zero attached hydrogens (tertiary/aromatic N) is 3. The lowest BCUT2D eigenvalue weighted by Gasteiger charge is -2.33. The van der Waals surface area contributed by atoms with E-state index in [0.717, 1.165) is 23.5 Å². The molecule has 1 N–H and O–H groups in total. The van der Waals surface area contributed by atoms with Gasteiger partial charge in [-0.3, -0.25) is 9.59 Å². The maximum Gasteiger partial charge on any atom is 0.251 e. The lowest BCUT2D eigenvalue weighted by molar-refractivity contribution is -0.118. The highest BCUT2D eigenvalue weighted by Crippen LogP contribution is 2.18. The highest BCUT2D eigenvalue weighted by Gasteiger charge is 2.17. The summed E-state index contributed by atoms with van der Waals surface area (Å²) in [6.45, 7) is 3.28. The second-order valence-electron chi connectivity index (χ2n) is 6.35. The second-order valence-corrected chi connectivity index (χ2v) is 6.35. The Morgan fingerprint density at radius 3 is 2.74 bits per heavy atom.